The largest absolute Gasteiger partial charge is 0.390 e. The van der Waals surface area contributed by atoms with Gasteiger partial charge in [0.2, 0.25) is 0 Å². The fraction of sp³-hybridized carbons (Fsp3) is 0.600. The van der Waals surface area contributed by atoms with Crippen LogP contribution in [0.2, 0.25) is 0 Å². The highest BCUT2D eigenvalue weighted by Gasteiger charge is 2.28. The van der Waals surface area contributed by atoms with E-state index in [4.69, 9.17) is 5.11 Å². The maximum atomic E-state index is 11.4. The maximum absolute atomic E-state index is 11.4. The van der Waals surface area contributed by atoms with Gasteiger partial charge in [-0.3, -0.25) is 4.98 Å². The summed E-state index contributed by atoms with van der Waals surface area (Å²) >= 11 is 0. The Balaban J connectivity index is 2.17. The Bertz CT molecular complexity index is 486. The third kappa shape index (κ3) is 2.73. The molecule has 1 atom stereocenters. The molecule has 0 aromatic carbocycles. The van der Waals surface area contributed by atoms with Gasteiger partial charge in [0.25, 0.3) is 0 Å². The van der Waals surface area contributed by atoms with E-state index in [1.807, 2.05) is 11.8 Å². The van der Waals surface area contributed by atoms with Crippen molar-refractivity contribution in [3.63, 3.8) is 0 Å². The smallest absolute Gasteiger partial charge is 0.154 e. The minimum atomic E-state index is -2.92. The molecule has 17 heavy (non-hydrogen) atoms. The topological polar surface area (TPSA) is 83.4 Å². The van der Waals surface area contributed by atoms with Gasteiger partial charge < -0.3 is 10.0 Å². The average molecular weight is 257 g/mol. The lowest BCUT2D eigenvalue weighted by Gasteiger charge is -2.33. The van der Waals surface area contributed by atoms with Gasteiger partial charge in [-0.15, -0.1) is 0 Å². The summed E-state index contributed by atoms with van der Waals surface area (Å²) < 4.78 is 22.9. The Morgan fingerprint density at radius 2 is 2.24 bits per heavy atom. The zero-order valence-corrected chi connectivity index (χ0v) is 10.4. The molecule has 2 rings (SSSR count). The lowest BCUT2D eigenvalue weighted by atomic mass is 10.3. The molecule has 1 unspecified atom stereocenters. The second-order valence-corrected chi connectivity index (χ2v) is 6.41. The number of anilines is 1. The van der Waals surface area contributed by atoms with Gasteiger partial charge in [-0.05, 0) is 6.92 Å². The molecule has 0 bridgehead atoms. The molecule has 1 N–H and O–H groups in total. The molecule has 1 saturated heterocycles. The number of hydrogen-bond donors (Lipinski definition) is 1. The molecule has 1 aromatic heterocycles. The molecule has 0 aliphatic carbocycles. The van der Waals surface area contributed by atoms with Gasteiger partial charge in [0.1, 0.15) is 5.82 Å². The molecule has 0 spiro atoms. The van der Waals surface area contributed by atoms with Crippen molar-refractivity contribution in [3.8, 4) is 0 Å². The summed E-state index contributed by atoms with van der Waals surface area (Å²) in [5.41, 5.74) is 0.506. The highest BCUT2D eigenvalue weighted by Crippen LogP contribution is 2.18. The van der Waals surface area contributed by atoms with E-state index in [9.17, 15) is 8.42 Å². The van der Waals surface area contributed by atoms with E-state index in [0.717, 1.165) is 0 Å². The first-order chi connectivity index (χ1) is 8.02. The van der Waals surface area contributed by atoms with Crippen LogP contribution in [0.5, 0.6) is 0 Å². The molecule has 6 nitrogen and oxygen atoms in total. The van der Waals surface area contributed by atoms with Crippen LogP contribution in [-0.2, 0) is 16.4 Å². The minimum absolute atomic E-state index is 0.0944. The maximum Gasteiger partial charge on any atom is 0.154 e. The van der Waals surface area contributed by atoms with Crippen molar-refractivity contribution in [2.45, 2.75) is 19.6 Å². The fourth-order valence-electron chi connectivity index (χ4n) is 1.92. The van der Waals surface area contributed by atoms with Gasteiger partial charge in [0.05, 0.1) is 36.2 Å². The number of sulfone groups is 1. The van der Waals surface area contributed by atoms with Crippen LogP contribution in [0.15, 0.2) is 12.4 Å². The SMILES string of the molecule is CC1CS(=O)(=O)CCN1c1cnc(CO)cn1. The van der Waals surface area contributed by atoms with Crippen LogP contribution in [0.25, 0.3) is 0 Å². The standard InChI is InChI=1S/C10H15N3O3S/c1-8-7-17(15,16)3-2-13(8)10-5-11-9(6-14)4-12-10/h4-5,8,14H,2-3,6-7H2,1H3. The van der Waals surface area contributed by atoms with Crippen molar-refractivity contribution in [2.75, 3.05) is 23.0 Å². The Morgan fingerprint density at radius 1 is 1.47 bits per heavy atom. The molecular formula is C10H15N3O3S. The van der Waals surface area contributed by atoms with E-state index in [1.165, 1.54) is 6.20 Å². The molecule has 1 fully saturated rings. The second kappa shape index (κ2) is 4.58. The number of rotatable bonds is 2. The van der Waals surface area contributed by atoms with E-state index in [-0.39, 0.29) is 24.2 Å². The van der Waals surface area contributed by atoms with Crippen LogP contribution in [0.1, 0.15) is 12.6 Å². The van der Waals surface area contributed by atoms with Gasteiger partial charge in [0.15, 0.2) is 9.84 Å². The molecule has 1 aliphatic rings. The van der Waals surface area contributed by atoms with Gasteiger partial charge >= 0.3 is 0 Å². The molecule has 1 aliphatic heterocycles. The fourth-order valence-corrected chi connectivity index (χ4v) is 3.47. The normalized spacial score (nSPS) is 23.6. The van der Waals surface area contributed by atoms with Crippen LogP contribution in [0.4, 0.5) is 5.82 Å². The summed E-state index contributed by atoms with van der Waals surface area (Å²) in [4.78, 5) is 10.1. The van der Waals surface area contributed by atoms with Crippen LogP contribution >= 0.6 is 0 Å². The first-order valence-electron chi connectivity index (χ1n) is 5.41. The Kier molecular flexibility index (Phi) is 3.30. The predicted octanol–water partition coefficient (Wildman–Crippen LogP) is -0.408. The quantitative estimate of drug-likeness (QED) is 0.775. The van der Waals surface area contributed by atoms with E-state index in [0.29, 0.717) is 18.1 Å². The first-order valence-corrected chi connectivity index (χ1v) is 7.23. The van der Waals surface area contributed by atoms with E-state index in [1.54, 1.807) is 6.20 Å². The monoisotopic (exact) mass is 257 g/mol. The zero-order chi connectivity index (χ0) is 12.5. The Labute approximate surface area is 100 Å². The summed E-state index contributed by atoms with van der Waals surface area (Å²) in [5.74, 6) is 0.960. The van der Waals surface area contributed by atoms with Crippen molar-refractivity contribution in [1.82, 2.24) is 9.97 Å². The molecule has 7 heteroatoms. The summed E-state index contributed by atoms with van der Waals surface area (Å²) in [5, 5.41) is 8.86. The van der Waals surface area contributed by atoms with E-state index in [2.05, 4.69) is 9.97 Å². The van der Waals surface area contributed by atoms with Crippen molar-refractivity contribution >= 4 is 15.7 Å². The first kappa shape index (κ1) is 12.3. The molecule has 1 aromatic rings. The van der Waals surface area contributed by atoms with Gasteiger partial charge in [-0.25, -0.2) is 13.4 Å². The number of nitrogens with zero attached hydrogens (tertiary/aromatic N) is 3. The highest BCUT2D eigenvalue weighted by molar-refractivity contribution is 7.91. The summed E-state index contributed by atoms with van der Waals surface area (Å²) in [6, 6.07) is -0.0944. The lowest BCUT2D eigenvalue weighted by molar-refractivity contribution is 0.276. The zero-order valence-electron chi connectivity index (χ0n) is 9.57. The van der Waals surface area contributed by atoms with Crippen LogP contribution in [0, 0.1) is 0 Å². The van der Waals surface area contributed by atoms with Crippen molar-refractivity contribution < 1.29 is 13.5 Å². The molecule has 0 amide bonds. The molecular weight excluding hydrogens is 242 g/mol. The second-order valence-electron chi connectivity index (χ2n) is 4.18. The Morgan fingerprint density at radius 3 is 2.76 bits per heavy atom. The summed E-state index contributed by atoms with van der Waals surface area (Å²) in [6.07, 6.45) is 3.07. The van der Waals surface area contributed by atoms with Crippen molar-refractivity contribution in [3.05, 3.63) is 18.1 Å². The van der Waals surface area contributed by atoms with E-state index >= 15 is 0 Å². The number of aliphatic hydroxyl groups is 1. The Hall–Kier alpha value is -1.21. The van der Waals surface area contributed by atoms with Crippen molar-refractivity contribution in [1.29, 1.82) is 0 Å². The van der Waals surface area contributed by atoms with Gasteiger partial charge in [-0.1, -0.05) is 0 Å². The highest BCUT2D eigenvalue weighted by atomic mass is 32.2. The molecule has 0 saturated carbocycles. The van der Waals surface area contributed by atoms with Crippen LogP contribution in [0.3, 0.4) is 0 Å². The third-order valence-corrected chi connectivity index (χ3v) is 4.61. The summed E-state index contributed by atoms with van der Waals surface area (Å²) in [6.45, 7) is 2.16. The van der Waals surface area contributed by atoms with Crippen molar-refractivity contribution in [2.24, 2.45) is 0 Å². The van der Waals surface area contributed by atoms with E-state index < -0.39 is 9.84 Å². The molecule has 94 valence electrons. The number of aliphatic hydroxyl groups excluding tert-OH is 1. The minimum Gasteiger partial charge on any atom is -0.390 e. The number of hydrogen-bond acceptors (Lipinski definition) is 6. The van der Waals surface area contributed by atoms with Crippen LogP contribution in [-0.4, -0.2) is 47.6 Å². The molecule has 2 heterocycles. The predicted molar refractivity (Wildman–Crippen MR) is 63.4 cm³/mol. The van der Waals surface area contributed by atoms with Gasteiger partial charge in [0, 0.05) is 12.6 Å². The average Bonchev–Trinajstić information content (AvgIpc) is 2.28. The van der Waals surface area contributed by atoms with Crippen LogP contribution < -0.4 is 4.90 Å². The number of aromatic nitrogens is 2. The molecule has 0 radical (unpaired) electrons. The van der Waals surface area contributed by atoms with Gasteiger partial charge in [-0.2, -0.15) is 0 Å². The lowest BCUT2D eigenvalue weighted by Crippen LogP contribution is -2.47. The third-order valence-electron chi connectivity index (χ3n) is 2.82. The summed E-state index contributed by atoms with van der Waals surface area (Å²) in [7, 11) is -2.92.